The Morgan fingerprint density at radius 2 is 1.89 bits per heavy atom. The number of benzene rings is 1. The van der Waals surface area contributed by atoms with E-state index in [9.17, 15) is 13.2 Å². The maximum absolute atomic E-state index is 14.5. The van der Waals surface area contributed by atoms with Gasteiger partial charge in [-0.2, -0.15) is 4.39 Å². The zero-order valence-electron chi connectivity index (χ0n) is 18.7. The van der Waals surface area contributed by atoms with Crippen LogP contribution in [-0.4, -0.2) is 48.0 Å². The highest BCUT2D eigenvalue weighted by atomic mass is 19.3. The van der Waals surface area contributed by atoms with E-state index in [1.54, 1.807) is 35.2 Å². The summed E-state index contributed by atoms with van der Waals surface area (Å²) in [6.45, 7) is 0.318. The van der Waals surface area contributed by atoms with Gasteiger partial charge in [-0.15, -0.1) is 0 Å². The van der Waals surface area contributed by atoms with Gasteiger partial charge in [0.25, 0.3) is 5.92 Å². The lowest BCUT2D eigenvalue weighted by molar-refractivity contribution is 0.0256. The van der Waals surface area contributed by atoms with Crippen LogP contribution < -0.4 is 15.4 Å². The van der Waals surface area contributed by atoms with Crippen molar-refractivity contribution in [1.82, 2.24) is 9.97 Å². The van der Waals surface area contributed by atoms with E-state index >= 15 is 0 Å². The summed E-state index contributed by atoms with van der Waals surface area (Å²) in [5.74, 6) is -1.64. The van der Waals surface area contributed by atoms with Gasteiger partial charge < -0.3 is 20.1 Å². The standard InChI is InChI=1S/C25H22F3N5O2/c26-23-16(2-1-7-30-23)15-3-4-19-17(10-15)25(6-9-34-13-21(29)32-25)18-11-22(31-12-20(18)35-19)33-8-5-24(27,28)14-33/h1-4,7,10-12H,5-6,8-9,13-14H2,(H2,29,32). The van der Waals surface area contributed by atoms with Crippen molar-refractivity contribution in [3.63, 3.8) is 0 Å². The molecule has 0 radical (unpaired) electrons. The third-order valence-corrected chi connectivity index (χ3v) is 6.70. The third-order valence-electron chi connectivity index (χ3n) is 6.70. The number of aromatic nitrogens is 2. The van der Waals surface area contributed by atoms with Gasteiger partial charge in [-0.25, -0.2) is 18.7 Å². The highest BCUT2D eigenvalue weighted by Crippen LogP contribution is 2.53. The molecule has 0 bridgehead atoms. The van der Waals surface area contributed by atoms with Crippen LogP contribution in [0, 0.1) is 5.95 Å². The van der Waals surface area contributed by atoms with Crippen molar-refractivity contribution in [2.45, 2.75) is 24.3 Å². The van der Waals surface area contributed by atoms with E-state index < -0.39 is 24.0 Å². The van der Waals surface area contributed by atoms with E-state index in [0.29, 0.717) is 58.4 Å². The topological polar surface area (TPSA) is 85.9 Å². The van der Waals surface area contributed by atoms with Gasteiger partial charge >= 0.3 is 0 Å². The Balaban J connectivity index is 1.54. The number of alkyl halides is 2. The zero-order chi connectivity index (χ0) is 24.2. The number of ether oxygens (including phenoxy) is 2. The van der Waals surface area contributed by atoms with E-state index in [1.807, 2.05) is 6.07 Å². The second-order valence-corrected chi connectivity index (χ2v) is 8.99. The molecule has 3 aromatic rings. The fourth-order valence-corrected chi connectivity index (χ4v) is 5.04. The monoisotopic (exact) mass is 481 g/mol. The van der Waals surface area contributed by atoms with Crippen LogP contribution in [0.3, 0.4) is 0 Å². The first kappa shape index (κ1) is 21.8. The number of rotatable bonds is 2. The van der Waals surface area contributed by atoms with Crippen LogP contribution in [0.15, 0.2) is 53.8 Å². The highest BCUT2D eigenvalue weighted by Gasteiger charge is 2.45. The SMILES string of the molecule is NC1=NC2(CCOC1)c1cc(-c3cccnc3F)ccc1Oc1cnc(N3CCC(F)(F)C3)cc12. The summed E-state index contributed by atoms with van der Waals surface area (Å²) in [4.78, 5) is 14.6. The predicted molar refractivity (Wildman–Crippen MR) is 124 cm³/mol. The molecule has 0 aliphatic carbocycles. The number of fused-ring (bicyclic) bond motifs is 4. The number of anilines is 1. The van der Waals surface area contributed by atoms with Crippen molar-refractivity contribution in [2.24, 2.45) is 10.7 Å². The van der Waals surface area contributed by atoms with Crippen molar-refractivity contribution >= 4 is 11.7 Å². The molecule has 1 unspecified atom stereocenters. The van der Waals surface area contributed by atoms with Crippen molar-refractivity contribution in [1.29, 1.82) is 0 Å². The van der Waals surface area contributed by atoms with Crippen LogP contribution in [0.1, 0.15) is 24.0 Å². The van der Waals surface area contributed by atoms with Crippen LogP contribution >= 0.6 is 0 Å². The van der Waals surface area contributed by atoms with Gasteiger partial charge in [-0.1, -0.05) is 6.07 Å². The maximum Gasteiger partial charge on any atom is 0.266 e. The van der Waals surface area contributed by atoms with Gasteiger partial charge in [0.2, 0.25) is 5.95 Å². The molecular weight excluding hydrogens is 459 g/mol. The zero-order valence-corrected chi connectivity index (χ0v) is 18.7. The largest absolute Gasteiger partial charge is 0.455 e. The first-order valence-corrected chi connectivity index (χ1v) is 11.3. The lowest BCUT2D eigenvalue weighted by Crippen LogP contribution is -2.33. The summed E-state index contributed by atoms with van der Waals surface area (Å²) in [5, 5.41) is 0. The Morgan fingerprint density at radius 1 is 1.03 bits per heavy atom. The van der Waals surface area contributed by atoms with Gasteiger partial charge in [-0.05, 0) is 35.9 Å². The van der Waals surface area contributed by atoms with E-state index in [2.05, 4.69) is 9.97 Å². The van der Waals surface area contributed by atoms with E-state index in [-0.39, 0.29) is 19.6 Å². The quantitative estimate of drug-likeness (QED) is 0.551. The van der Waals surface area contributed by atoms with Crippen molar-refractivity contribution in [3.8, 4) is 22.6 Å². The predicted octanol–water partition coefficient (Wildman–Crippen LogP) is 4.25. The number of nitrogens with zero attached hydrogens (tertiary/aromatic N) is 4. The molecule has 2 aromatic heterocycles. The Kier molecular flexibility index (Phi) is 4.96. The molecule has 1 aromatic carbocycles. The number of hydrogen-bond acceptors (Lipinski definition) is 7. The molecule has 2 N–H and O–H groups in total. The molecule has 1 saturated heterocycles. The maximum atomic E-state index is 14.5. The van der Waals surface area contributed by atoms with E-state index in [1.165, 1.54) is 12.4 Å². The van der Waals surface area contributed by atoms with Crippen molar-refractivity contribution < 1.29 is 22.6 Å². The lowest BCUT2D eigenvalue weighted by Gasteiger charge is -2.37. The van der Waals surface area contributed by atoms with Crippen LogP contribution in [0.2, 0.25) is 0 Å². The molecule has 10 heteroatoms. The molecule has 3 aliphatic rings. The smallest absolute Gasteiger partial charge is 0.266 e. The number of hydrogen-bond donors (Lipinski definition) is 1. The highest BCUT2D eigenvalue weighted by molar-refractivity contribution is 5.83. The Hall–Kier alpha value is -3.66. The molecule has 0 saturated carbocycles. The molecule has 3 aliphatic heterocycles. The van der Waals surface area contributed by atoms with Gasteiger partial charge in [0.05, 0.1) is 19.3 Å². The third kappa shape index (κ3) is 3.68. The molecule has 5 heterocycles. The van der Waals surface area contributed by atoms with Gasteiger partial charge in [0, 0.05) is 42.3 Å². The number of aliphatic imine (C=N–C) groups is 1. The minimum absolute atomic E-state index is 0.167. The van der Waals surface area contributed by atoms with Crippen molar-refractivity contribution in [2.75, 3.05) is 31.2 Å². The normalized spacial score (nSPS) is 22.7. The summed E-state index contributed by atoms with van der Waals surface area (Å²) in [7, 11) is 0. The van der Waals surface area contributed by atoms with Crippen LogP contribution in [-0.2, 0) is 10.3 Å². The summed E-state index contributed by atoms with van der Waals surface area (Å²) in [5.41, 5.74) is 7.48. The molecule has 7 nitrogen and oxygen atoms in total. The number of amidine groups is 1. The molecule has 6 rings (SSSR count). The molecule has 180 valence electrons. The summed E-state index contributed by atoms with van der Waals surface area (Å²) >= 11 is 0. The molecular formula is C25H22F3N5O2. The van der Waals surface area contributed by atoms with Crippen LogP contribution in [0.4, 0.5) is 19.0 Å². The molecule has 1 fully saturated rings. The van der Waals surface area contributed by atoms with Gasteiger partial charge in [-0.3, -0.25) is 4.99 Å². The second-order valence-electron chi connectivity index (χ2n) is 8.99. The second kappa shape index (κ2) is 7.94. The molecule has 1 atom stereocenters. The Bertz CT molecular complexity index is 1350. The Morgan fingerprint density at radius 3 is 2.69 bits per heavy atom. The van der Waals surface area contributed by atoms with Crippen molar-refractivity contribution in [3.05, 3.63) is 65.9 Å². The number of halogens is 3. The summed E-state index contributed by atoms with van der Waals surface area (Å²) in [6.07, 6.45) is 3.13. The summed E-state index contributed by atoms with van der Waals surface area (Å²) < 4.78 is 54.2. The fourth-order valence-electron chi connectivity index (χ4n) is 5.04. The van der Waals surface area contributed by atoms with Gasteiger partial charge in [0.1, 0.15) is 29.5 Å². The van der Waals surface area contributed by atoms with E-state index in [4.69, 9.17) is 20.2 Å². The molecule has 35 heavy (non-hydrogen) atoms. The first-order valence-electron chi connectivity index (χ1n) is 11.3. The Labute approximate surface area is 199 Å². The lowest BCUT2D eigenvalue weighted by atomic mass is 9.77. The molecule has 0 amide bonds. The number of nitrogens with two attached hydrogens (primary N) is 1. The van der Waals surface area contributed by atoms with Crippen LogP contribution in [0.5, 0.6) is 11.5 Å². The minimum atomic E-state index is -2.76. The number of pyridine rings is 2. The van der Waals surface area contributed by atoms with Gasteiger partial charge in [0.15, 0.2) is 5.75 Å². The average molecular weight is 481 g/mol. The minimum Gasteiger partial charge on any atom is -0.455 e. The molecule has 1 spiro atoms. The fraction of sp³-hybridized carbons (Fsp3) is 0.320. The first-order chi connectivity index (χ1) is 16.8. The summed E-state index contributed by atoms with van der Waals surface area (Å²) in [6, 6.07) is 10.4. The average Bonchev–Trinajstić information content (AvgIpc) is 3.09. The van der Waals surface area contributed by atoms with E-state index in [0.717, 1.165) is 0 Å². The van der Waals surface area contributed by atoms with Crippen LogP contribution in [0.25, 0.3) is 11.1 Å².